The normalized spacial score (nSPS) is 12.6. The summed E-state index contributed by atoms with van der Waals surface area (Å²) in [4.78, 5) is 23.6. The van der Waals surface area contributed by atoms with Crippen LogP contribution in [0.5, 0.6) is 0 Å². The van der Waals surface area contributed by atoms with Crippen molar-refractivity contribution in [2.24, 2.45) is 0 Å². The molecule has 3 N–H and O–H groups in total. The van der Waals surface area contributed by atoms with Gasteiger partial charge in [-0.3, -0.25) is 9.59 Å². The summed E-state index contributed by atoms with van der Waals surface area (Å²) >= 11 is 5.87. The minimum Gasteiger partial charge on any atom is -0.480 e. The van der Waals surface area contributed by atoms with E-state index < -0.39 is 39.7 Å². The molecule has 0 saturated heterocycles. The molecule has 37 heavy (non-hydrogen) atoms. The molecule has 0 fully saturated rings. The highest BCUT2D eigenvalue weighted by Gasteiger charge is 2.31. The third kappa shape index (κ3) is 7.78. The monoisotopic (exact) mass is 554 g/mol. The number of carboxylic acid groups (broad SMARTS) is 1. The maximum Gasteiger partial charge on any atom is 0.416 e. The second-order valence-corrected chi connectivity index (χ2v) is 10.2. The Morgan fingerprint density at radius 3 is 2.11 bits per heavy atom. The van der Waals surface area contributed by atoms with Crippen molar-refractivity contribution in [2.45, 2.75) is 30.0 Å². The Balaban J connectivity index is 1.57. The lowest BCUT2D eigenvalue weighted by molar-refractivity contribution is -0.139. The van der Waals surface area contributed by atoms with Gasteiger partial charge in [0.25, 0.3) is 5.91 Å². The molecule has 3 aromatic carbocycles. The summed E-state index contributed by atoms with van der Waals surface area (Å²) in [5.74, 6) is -2.18. The number of hydrogen-bond acceptors (Lipinski definition) is 4. The van der Waals surface area contributed by atoms with Crippen LogP contribution < -0.4 is 10.0 Å². The lowest BCUT2D eigenvalue weighted by atomic mass is 10.1. The van der Waals surface area contributed by atoms with Crippen LogP contribution in [-0.2, 0) is 21.0 Å². The summed E-state index contributed by atoms with van der Waals surface area (Å²) in [6.07, 6.45) is -4.71. The quantitative estimate of drug-likeness (QED) is 0.306. The van der Waals surface area contributed by atoms with Crippen LogP contribution in [0.4, 0.5) is 13.2 Å². The van der Waals surface area contributed by atoms with Gasteiger partial charge in [0.1, 0.15) is 6.04 Å². The first kappa shape index (κ1) is 28.2. The van der Waals surface area contributed by atoms with E-state index >= 15 is 0 Å². The fourth-order valence-corrected chi connectivity index (χ4v) is 4.75. The standard InChI is InChI=1S/C25H22ClF3N2O5S/c26-20-10-6-16(7-11-20)17-8-12-21(13-9-17)37(35,36)31-22(24(33)34)5-2-14-30-23(32)18-3-1-4-19(15-18)25(27,28)29/h1,3-4,6-13,15,22,31H,2,5,14H2,(H,30,32)(H,33,34)/t22-/m0/s1. The molecular formula is C25H22ClF3N2O5S. The van der Waals surface area contributed by atoms with Crippen LogP contribution in [0.25, 0.3) is 11.1 Å². The summed E-state index contributed by atoms with van der Waals surface area (Å²) in [5, 5.41) is 12.4. The van der Waals surface area contributed by atoms with Gasteiger partial charge in [0.15, 0.2) is 0 Å². The maximum absolute atomic E-state index is 12.8. The number of nitrogens with one attached hydrogen (secondary N) is 2. The number of benzene rings is 3. The van der Waals surface area contributed by atoms with Crippen LogP contribution in [0.1, 0.15) is 28.8 Å². The van der Waals surface area contributed by atoms with E-state index in [9.17, 15) is 36.3 Å². The highest BCUT2D eigenvalue weighted by atomic mass is 35.5. The van der Waals surface area contributed by atoms with Crippen molar-refractivity contribution in [3.63, 3.8) is 0 Å². The molecular weight excluding hydrogens is 533 g/mol. The molecule has 1 atom stereocenters. The molecule has 0 aromatic heterocycles. The van der Waals surface area contributed by atoms with Crippen molar-refractivity contribution >= 4 is 33.5 Å². The molecule has 0 bridgehead atoms. The number of sulfonamides is 1. The molecule has 3 aromatic rings. The lowest BCUT2D eigenvalue weighted by Gasteiger charge is -2.15. The van der Waals surface area contributed by atoms with Gasteiger partial charge in [0.2, 0.25) is 10.0 Å². The molecule has 0 aliphatic rings. The number of aliphatic carboxylic acids is 1. The van der Waals surface area contributed by atoms with Crippen molar-refractivity contribution in [3.05, 3.63) is 88.9 Å². The zero-order chi connectivity index (χ0) is 27.2. The first-order chi connectivity index (χ1) is 17.4. The van der Waals surface area contributed by atoms with Crippen molar-refractivity contribution in [1.29, 1.82) is 0 Å². The molecule has 0 saturated carbocycles. The Morgan fingerprint density at radius 1 is 0.946 bits per heavy atom. The van der Waals surface area contributed by atoms with Crippen LogP contribution in [0.15, 0.2) is 77.7 Å². The summed E-state index contributed by atoms with van der Waals surface area (Å²) in [6, 6.07) is 15.2. The van der Waals surface area contributed by atoms with E-state index in [1.54, 1.807) is 36.4 Å². The molecule has 196 valence electrons. The van der Waals surface area contributed by atoms with Crippen LogP contribution in [0.2, 0.25) is 5.02 Å². The maximum atomic E-state index is 12.8. The Kier molecular flexibility index (Phi) is 8.95. The van der Waals surface area contributed by atoms with Crippen LogP contribution in [-0.4, -0.2) is 38.0 Å². The number of alkyl halides is 3. The molecule has 0 radical (unpaired) electrons. The zero-order valence-corrected chi connectivity index (χ0v) is 20.7. The molecule has 0 unspecified atom stereocenters. The summed E-state index contributed by atoms with van der Waals surface area (Å²) < 4.78 is 66.1. The molecule has 0 spiro atoms. The summed E-state index contributed by atoms with van der Waals surface area (Å²) in [6.45, 7) is -0.0730. The minimum absolute atomic E-state index is 0.0553. The fourth-order valence-electron chi connectivity index (χ4n) is 3.40. The number of carbonyl (C=O) groups excluding carboxylic acids is 1. The van der Waals surface area contributed by atoms with Gasteiger partial charge in [-0.1, -0.05) is 41.9 Å². The van der Waals surface area contributed by atoms with E-state index in [0.29, 0.717) is 11.1 Å². The van der Waals surface area contributed by atoms with Crippen molar-refractivity contribution in [3.8, 4) is 11.1 Å². The molecule has 12 heteroatoms. The SMILES string of the molecule is O=C(NCCC[C@H](NS(=O)(=O)c1ccc(-c2ccc(Cl)cc2)cc1)C(=O)O)c1cccc(C(F)(F)F)c1. The van der Waals surface area contributed by atoms with E-state index in [2.05, 4.69) is 10.0 Å². The molecule has 7 nitrogen and oxygen atoms in total. The average molecular weight is 555 g/mol. The van der Waals surface area contributed by atoms with Gasteiger partial charge in [-0.15, -0.1) is 0 Å². The van der Waals surface area contributed by atoms with Crippen LogP contribution >= 0.6 is 11.6 Å². The summed E-state index contributed by atoms with van der Waals surface area (Å²) in [5.41, 5.74) is 0.382. The van der Waals surface area contributed by atoms with Crippen LogP contribution in [0.3, 0.4) is 0 Å². The topological polar surface area (TPSA) is 113 Å². The van der Waals surface area contributed by atoms with Crippen molar-refractivity contribution < 1.29 is 36.3 Å². The van der Waals surface area contributed by atoms with E-state index in [4.69, 9.17) is 11.6 Å². The van der Waals surface area contributed by atoms with Gasteiger partial charge in [-0.05, 0) is 66.4 Å². The largest absolute Gasteiger partial charge is 0.480 e. The van der Waals surface area contributed by atoms with Gasteiger partial charge >= 0.3 is 12.1 Å². The van der Waals surface area contributed by atoms with Gasteiger partial charge in [-0.2, -0.15) is 17.9 Å². The Hall–Kier alpha value is -3.41. The molecule has 0 aliphatic carbocycles. The number of hydrogen-bond donors (Lipinski definition) is 3. The van der Waals surface area contributed by atoms with E-state index in [0.717, 1.165) is 23.3 Å². The highest BCUT2D eigenvalue weighted by molar-refractivity contribution is 7.89. The number of carbonyl (C=O) groups is 2. The van der Waals surface area contributed by atoms with Gasteiger partial charge in [0, 0.05) is 17.1 Å². The molecule has 1 amide bonds. The fraction of sp³-hybridized carbons (Fsp3) is 0.200. The minimum atomic E-state index is -4.60. The smallest absolute Gasteiger partial charge is 0.416 e. The van der Waals surface area contributed by atoms with Crippen molar-refractivity contribution in [1.82, 2.24) is 10.0 Å². The Bertz CT molecular complexity index is 1360. The van der Waals surface area contributed by atoms with Crippen molar-refractivity contribution in [2.75, 3.05) is 6.54 Å². The number of amides is 1. The second-order valence-electron chi connectivity index (χ2n) is 8.02. The predicted octanol–water partition coefficient (Wildman–Crippen LogP) is 4.97. The third-order valence-electron chi connectivity index (χ3n) is 5.34. The highest BCUT2D eigenvalue weighted by Crippen LogP contribution is 2.29. The van der Waals surface area contributed by atoms with E-state index in [1.807, 2.05) is 0 Å². The molecule has 0 aliphatic heterocycles. The molecule has 0 heterocycles. The second kappa shape index (κ2) is 11.8. The van der Waals surface area contributed by atoms with E-state index in [1.165, 1.54) is 18.2 Å². The third-order valence-corrected chi connectivity index (χ3v) is 7.08. The number of rotatable bonds is 10. The Labute approximate surface area is 216 Å². The van der Waals surface area contributed by atoms with Gasteiger partial charge < -0.3 is 10.4 Å². The first-order valence-corrected chi connectivity index (χ1v) is 12.8. The number of carboxylic acids is 1. The van der Waals surface area contributed by atoms with Gasteiger partial charge in [0.05, 0.1) is 10.5 Å². The predicted molar refractivity (Wildman–Crippen MR) is 132 cm³/mol. The van der Waals surface area contributed by atoms with E-state index in [-0.39, 0.29) is 29.8 Å². The Morgan fingerprint density at radius 2 is 1.54 bits per heavy atom. The average Bonchev–Trinajstić information content (AvgIpc) is 2.85. The first-order valence-electron chi connectivity index (χ1n) is 10.9. The van der Waals surface area contributed by atoms with Gasteiger partial charge in [-0.25, -0.2) is 8.42 Å². The zero-order valence-electron chi connectivity index (χ0n) is 19.1. The number of halogens is 4. The summed E-state index contributed by atoms with van der Waals surface area (Å²) in [7, 11) is -4.17. The van der Waals surface area contributed by atoms with Crippen LogP contribution in [0, 0.1) is 0 Å². The lowest BCUT2D eigenvalue weighted by Crippen LogP contribution is -2.41. The molecule has 3 rings (SSSR count).